The van der Waals surface area contributed by atoms with Crippen LogP contribution in [0.25, 0.3) is 0 Å². The summed E-state index contributed by atoms with van der Waals surface area (Å²) in [6, 6.07) is 8.80. The molecule has 1 amide bonds. The van der Waals surface area contributed by atoms with Gasteiger partial charge in [-0.1, -0.05) is 0 Å². The SMILES string of the molecule is CCOC(=O)c1c(OCC)cc(CN2CCC(N3CC(=O)Nc4cc(C(=O)O)ccc43)CC2)cc1OCC. The summed E-state index contributed by atoms with van der Waals surface area (Å²) in [4.78, 5) is 40.8. The zero-order chi connectivity index (χ0) is 27.2. The number of nitrogens with zero attached hydrogens (tertiary/aromatic N) is 2. The molecule has 0 aromatic heterocycles. The van der Waals surface area contributed by atoms with Crippen LogP contribution < -0.4 is 19.7 Å². The molecule has 38 heavy (non-hydrogen) atoms. The molecule has 2 heterocycles. The molecule has 2 aliphatic heterocycles. The number of hydrogen-bond acceptors (Lipinski definition) is 8. The number of carbonyl (C=O) groups is 3. The van der Waals surface area contributed by atoms with E-state index < -0.39 is 11.9 Å². The average molecular weight is 526 g/mol. The molecule has 2 aromatic rings. The number of aromatic carboxylic acids is 1. The first kappa shape index (κ1) is 27.3. The van der Waals surface area contributed by atoms with Gasteiger partial charge >= 0.3 is 11.9 Å². The topological polar surface area (TPSA) is 118 Å². The number of anilines is 2. The molecule has 2 aliphatic rings. The van der Waals surface area contributed by atoms with Gasteiger partial charge in [0.05, 0.1) is 43.3 Å². The van der Waals surface area contributed by atoms with Gasteiger partial charge in [0.1, 0.15) is 17.1 Å². The van der Waals surface area contributed by atoms with Gasteiger partial charge in [0.15, 0.2) is 0 Å². The smallest absolute Gasteiger partial charge is 0.345 e. The second-order valence-electron chi connectivity index (χ2n) is 9.27. The van der Waals surface area contributed by atoms with E-state index in [0.717, 1.165) is 37.2 Å². The van der Waals surface area contributed by atoms with Crippen molar-refractivity contribution in [1.29, 1.82) is 0 Å². The van der Waals surface area contributed by atoms with Gasteiger partial charge in [0.2, 0.25) is 5.91 Å². The molecule has 0 bridgehead atoms. The predicted molar refractivity (Wildman–Crippen MR) is 142 cm³/mol. The van der Waals surface area contributed by atoms with Crippen molar-refractivity contribution in [3.05, 3.63) is 47.0 Å². The van der Waals surface area contributed by atoms with Crippen molar-refractivity contribution in [2.75, 3.05) is 49.7 Å². The molecular formula is C28H35N3O7. The van der Waals surface area contributed by atoms with Crippen LogP contribution in [0, 0.1) is 0 Å². The van der Waals surface area contributed by atoms with Crippen LogP contribution in [-0.4, -0.2) is 73.3 Å². The van der Waals surface area contributed by atoms with E-state index in [2.05, 4.69) is 15.1 Å². The Balaban J connectivity index is 1.48. The van der Waals surface area contributed by atoms with E-state index in [-0.39, 0.29) is 30.7 Å². The number of rotatable bonds is 10. The third kappa shape index (κ3) is 6.02. The number of piperidine rings is 1. The van der Waals surface area contributed by atoms with Gasteiger partial charge in [-0.2, -0.15) is 0 Å². The van der Waals surface area contributed by atoms with Crippen molar-refractivity contribution in [1.82, 2.24) is 4.90 Å². The monoisotopic (exact) mass is 525 g/mol. The molecule has 204 valence electrons. The predicted octanol–water partition coefficient (Wildman–Crippen LogP) is 3.78. The zero-order valence-corrected chi connectivity index (χ0v) is 22.1. The normalized spacial score (nSPS) is 16.0. The molecule has 0 spiro atoms. The maximum Gasteiger partial charge on any atom is 0.345 e. The Morgan fingerprint density at radius 2 is 1.66 bits per heavy atom. The number of benzene rings is 2. The Morgan fingerprint density at radius 1 is 1.00 bits per heavy atom. The maximum atomic E-state index is 12.6. The number of carboxylic acid groups (broad SMARTS) is 1. The number of fused-ring (bicyclic) bond motifs is 1. The van der Waals surface area contributed by atoms with Crippen molar-refractivity contribution >= 4 is 29.2 Å². The van der Waals surface area contributed by atoms with Crippen LogP contribution in [-0.2, 0) is 16.1 Å². The lowest BCUT2D eigenvalue weighted by atomic mass is 9.99. The minimum Gasteiger partial charge on any atom is -0.493 e. The fourth-order valence-electron chi connectivity index (χ4n) is 5.10. The number of likely N-dealkylation sites (tertiary alicyclic amines) is 1. The van der Waals surface area contributed by atoms with E-state index in [4.69, 9.17) is 14.2 Å². The van der Waals surface area contributed by atoms with Crippen molar-refractivity contribution in [2.24, 2.45) is 0 Å². The van der Waals surface area contributed by atoms with E-state index in [1.54, 1.807) is 19.1 Å². The second-order valence-corrected chi connectivity index (χ2v) is 9.27. The Morgan fingerprint density at radius 3 is 2.24 bits per heavy atom. The minimum atomic E-state index is -1.03. The Labute approximate surface area is 222 Å². The number of amides is 1. The third-order valence-corrected chi connectivity index (χ3v) is 6.75. The Kier molecular flexibility index (Phi) is 8.73. The van der Waals surface area contributed by atoms with E-state index in [0.29, 0.717) is 42.5 Å². The lowest BCUT2D eigenvalue weighted by Crippen LogP contribution is -2.49. The molecule has 0 saturated carbocycles. The number of esters is 1. The van der Waals surface area contributed by atoms with Gasteiger partial charge in [-0.05, 0) is 69.5 Å². The van der Waals surface area contributed by atoms with Gasteiger partial charge in [-0.25, -0.2) is 9.59 Å². The van der Waals surface area contributed by atoms with Crippen LogP contribution >= 0.6 is 0 Å². The standard InChI is InChI=1S/C28H35N3O7/c1-4-36-23-13-18(14-24(37-5-2)26(23)28(35)38-6-3)16-30-11-9-20(10-12-30)31-17-25(32)29-21-15-19(27(33)34)7-8-22(21)31/h7-8,13-15,20H,4-6,9-12,16-17H2,1-3H3,(H,29,32)(H,33,34). The number of carboxylic acids is 1. The van der Waals surface area contributed by atoms with Crippen molar-refractivity contribution in [3.8, 4) is 11.5 Å². The van der Waals surface area contributed by atoms with Crippen LogP contribution in [0.15, 0.2) is 30.3 Å². The molecule has 1 fully saturated rings. The summed E-state index contributed by atoms with van der Waals surface area (Å²) in [6.45, 7) is 9.12. The molecule has 2 aromatic carbocycles. The highest BCUT2D eigenvalue weighted by Crippen LogP contribution is 2.36. The lowest BCUT2D eigenvalue weighted by Gasteiger charge is -2.42. The minimum absolute atomic E-state index is 0.143. The van der Waals surface area contributed by atoms with Gasteiger partial charge in [-0.3, -0.25) is 9.69 Å². The second kappa shape index (κ2) is 12.2. The number of nitrogens with one attached hydrogen (secondary N) is 1. The zero-order valence-electron chi connectivity index (χ0n) is 22.1. The van der Waals surface area contributed by atoms with Crippen LogP contribution in [0.5, 0.6) is 11.5 Å². The van der Waals surface area contributed by atoms with E-state index in [1.165, 1.54) is 6.07 Å². The fourth-order valence-corrected chi connectivity index (χ4v) is 5.10. The van der Waals surface area contributed by atoms with Gasteiger partial charge in [0.25, 0.3) is 0 Å². The van der Waals surface area contributed by atoms with Crippen LogP contribution in [0.4, 0.5) is 11.4 Å². The third-order valence-electron chi connectivity index (χ3n) is 6.75. The van der Waals surface area contributed by atoms with Gasteiger partial charge < -0.3 is 29.5 Å². The first-order valence-electron chi connectivity index (χ1n) is 13.1. The summed E-state index contributed by atoms with van der Waals surface area (Å²) in [5.74, 6) is -0.719. The van der Waals surface area contributed by atoms with Crippen molar-refractivity contribution in [3.63, 3.8) is 0 Å². The largest absolute Gasteiger partial charge is 0.493 e. The Bertz CT molecular complexity index is 1160. The molecule has 2 N–H and O–H groups in total. The van der Waals surface area contributed by atoms with E-state index >= 15 is 0 Å². The molecule has 0 unspecified atom stereocenters. The number of carbonyl (C=O) groups excluding carboxylic acids is 2. The highest BCUT2D eigenvalue weighted by molar-refractivity contribution is 6.03. The van der Waals surface area contributed by atoms with Gasteiger partial charge in [0, 0.05) is 25.7 Å². The summed E-state index contributed by atoms with van der Waals surface area (Å²) in [6.07, 6.45) is 1.70. The summed E-state index contributed by atoms with van der Waals surface area (Å²) in [5, 5.41) is 12.1. The lowest BCUT2D eigenvalue weighted by molar-refractivity contribution is -0.115. The molecule has 4 rings (SSSR count). The quantitative estimate of drug-likeness (QED) is 0.447. The molecule has 0 aliphatic carbocycles. The van der Waals surface area contributed by atoms with E-state index in [9.17, 15) is 19.5 Å². The maximum absolute atomic E-state index is 12.6. The highest BCUT2D eigenvalue weighted by Gasteiger charge is 2.31. The number of ether oxygens (including phenoxy) is 3. The van der Waals surface area contributed by atoms with Crippen LogP contribution in [0.1, 0.15) is 59.9 Å². The Hall–Kier alpha value is -3.79. The highest BCUT2D eigenvalue weighted by atomic mass is 16.5. The van der Waals surface area contributed by atoms with Crippen LogP contribution in [0.3, 0.4) is 0 Å². The summed E-state index contributed by atoms with van der Waals surface area (Å²) in [7, 11) is 0. The van der Waals surface area contributed by atoms with Crippen LogP contribution in [0.2, 0.25) is 0 Å². The first-order chi connectivity index (χ1) is 18.3. The van der Waals surface area contributed by atoms with Crippen molar-refractivity contribution in [2.45, 2.75) is 46.2 Å². The first-order valence-corrected chi connectivity index (χ1v) is 13.1. The summed E-state index contributed by atoms with van der Waals surface area (Å²) in [5.41, 5.74) is 2.83. The molecular weight excluding hydrogens is 490 g/mol. The van der Waals surface area contributed by atoms with E-state index in [1.807, 2.05) is 26.0 Å². The average Bonchev–Trinajstić information content (AvgIpc) is 2.88. The molecule has 0 radical (unpaired) electrons. The summed E-state index contributed by atoms with van der Waals surface area (Å²) < 4.78 is 16.8. The summed E-state index contributed by atoms with van der Waals surface area (Å²) >= 11 is 0. The number of hydrogen-bond donors (Lipinski definition) is 2. The van der Waals surface area contributed by atoms with Crippen molar-refractivity contribution < 1.29 is 33.7 Å². The molecule has 10 nitrogen and oxygen atoms in total. The fraction of sp³-hybridized carbons (Fsp3) is 0.464. The molecule has 0 atom stereocenters. The molecule has 10 heteroatoms. The van der Waals surface area contributed by atoms with Gasteiger partial charge in [-0.15, -0.1) is 0 Å². The molecule has 1 saturated heterocycles.